The summed E-state index contributed by atoms with van der Waals surface area (Å²) < 4.78 is 5.71. The van der Waals surface area contributed by atoms with Crippen LogP contribution in [0.25, 0.3) is 0 Å². The van der Waals surface area contributed by atoms with Crippen molar-refractivity contribution in [2.75, 3.05) is 13.7 Å². The van der Waals surface area contributed by atoms with Crippen LogP contribution in [0, 0.1) is 5.41 Å². The molecule has 0 radical (unpaired) electrons. The van der Waals surface area contributed by atoms with E-state index in [1.54, 1.807) is 6.20 Å². The molecule has 1 aromatic heterocycles. The molecule has 0 amide bonds. The van der Waals surface area contributed by atoms with E-state index in [1.807, 2.05) is 12.1 Å². The van der Waals surface area contributed by atoms with Crippen LogP contribution in [-0.2, 0) is 9.53 Å². The van der Waals surface area contributed by atoms with Gasteiger partial charge in [-0.05, 0) is 30.5 Å². The van der Waals surface area contributed by atoms with Crippen LogP contribution >= 0.6 is 15.9 Å². The first-order valence-electron chi connectivity index (χ1n) is 6.73. The van der Waals surface area contributed by atoms with Gasteiger partial charge in [0, 0.05) is 10.7 Å². The molecule has 0 saturated carbocycles. The smallest absolute Gasteiger partial charge is 0.307 e. The van der Waals surface area contributed by atoms with Gasteiger partial charge in [-0.2, -0.15) is 0 Å². The fourth-order valence-corrected chi connectivity index (χ4v) is 2.12. The van der Waals surface area contributed by atoms with Gasteiger partial charge in [-0.15, -0.1) is 0 Å². The van der Waals surface area contributed by atoms with Gasteiger partial charge >= 0.3 is 5.97 Å². The van der Waals surface area contributed by atoms with Gasteiger partial charge in [-0.3, -0.25) is 9.78 Å². The van der Waals surface area contributed by atoms with E-state index in [0.29, 0.717) is 0 Å². The van der Waals surface area contributed by atoms with E-state index >= 15 is 0 Å². The Kier molecular flexibility index (Phi) is 6.62. The number of nitrogens with one attached hydrogen (secondary N) is 1. The molecule has 20 heavy (non-hydrogen) atoms. The topological polar surface area (TPSA) is 51.2 Å². The number of halogens is 1. The highest BCUT2D eigenvalue weighted by atomic mass is 79.9. The summed E-state index contributed by atoms with van der Waals surface area (Å²) in [6, 6.07) is 3.67. The monoisotopic (exact) mass is 342 g/mol. The van der Waals surface area contributed by atoms with Crippen molar-refractivity contribution < 1.29 is 9.53 Å². The summed E-state index contributed by atoms with van der Waals surface area (Å²) in [7, 11) is 1.41. The molecule has 0 fully saturated rings. The van der Waals surface area contributed by atoms with Crippen LogP contribution in [0.2, 0.25) is 0 Å². The van der Waals surface area contributed by atoms with Crippen LogP contribution in [-0.4, -0.2) is 24.6 Å². The minimum Gasteiger partial charge on any atom is -0.469 e. The number of hydrogen-bond donors (Lipinski definition) is 1. The first kappa shape index (κ1) is 17.1. The summed E-state index contributed by atoms with van der Waals surface area (Å²) in [4.78, 5) is 15.9. The molecular formula is C15H23BrN2O2. The Labute approximate surface area is 129 Å². The predicted octanol–water partition coefficient (Wildman–Crippen LogP) is 3.47. The van der Waals surface area contributed by atoms with Crippen LogP contribution in [0.5, 0.6) is 0 Å². The number of hydrogen-bond acceptors (Lipinski definition) is 4. The Morgan fingerprint density at radius 1 is 1.50 bits per heavy atom. The lowest BCUT2D eigenvalue weighted by atomic mass is 9.92. The van der Waals surface area contributed by atoms with Crippen LogP contribution < -0.4 is 5.32 Å². The Hall–Kier alpha value is -0.940. The molecule has 1 rings (SSSR count). The molecule has 112 valence electrons. The second-order valence-corrected chi connectivity index (χ2v) is 6.91. The number of nitrogens with zero attached hydrogens (tertiary/aromatic N) is 1. The van der Waals surface area contributed by atoms with E-state index in [2.05, 4.69) is 47.0 Å². The number of pyridine rings is 1. The standard InChI is InChI=1S/C15H23BrN2O2/c1-15(2,3)6-8-18-13(10-14(19)20-4)12-9-11(16)5-7-17-12/h5,7,9,13,18H,6,8,10H2,1-4H3/t13-/m0/s1. The molecular weight excluding hydrogens is 320 g/mol. The molecule has 1 atom stereocenters. The molecule has 1 N–H and O–H groups in total. The largest absolute Gasteiger partial charge is 0.469 e. The molecule has 0 saturated heterocycles. The lowest BCUT2D eigenvalue weighted by molar-refractivity contribution is -0.141. The molecule has 0 bridgehead atoms. The van der Waals surface area contributed by atoms with Crippen LogP contribution in [0.1, 0.15) is 45.3 Å². The maximum absolute atomic E-state index is 11.5. The van der Waals surface area contributed by atoms with Crippen LogP contribution in [0.15, 0.2) is 22.8 Å². The summed E-state index contributed by atoms with van der Waals surface area (Å²) in [5.41, 5.74) is 1.10. The minimum atomic E-state index is -0.236. The van der Waals surface area contributed by atoms with Gasteiger partial charge < -0.3 is 10.1 Å². The second-order valence-electron chi connectivity index (χ2n) is 6.00. The third kappa shape index (κ3) is 6.48. The number of methoxy groups -OCH3 is 1. The van der Waals surface area contributed by atoms with Crippen LogP contribution in [0.3, 0.4) is 0 Å². The SMILES string of the molecule is COC(=O)C[C@H](NCCC(C)(C)C)c1cc(Br)ccn1. The first-order chi connectivity index (χ1) is 9.31. The highest BCUT2D eigenvalue weighted by molar-refractivity contribution is 9.10. The quantitative estimate of drug-likeness (QED) is 0.804. The van der Waals surface area contributed by atoms with Crippen molar-refractivity contribution >= 4 is 21.9 Å². The van der Waals surface area contributed by atoms with E-state index in [1.165, 1.54) is 7.11 Å². The van der Waals surface area contributed by atoms with Crippen molar-refractivity contribution in [1.82, 2.24) is 10.3 Å². The number of ether oxygens (including phenoxy) is 1. The molecule has 0 aliphatic heterocycles. The highest BCUT2D eigenvalue weighted by Gasteiger charge is 2.19. The summed E-state index contributed by atoms with van der Waals surface area (Å²) in [5.74, 6) is -0.236. The first-order valence-corrected chi connectivity index (χ1v) is 7.53. The predicted molar refractivity (Wildman–Crippen MR) is 83.4 cm³/mol. The second kappa shape index (κ2) is 7.74. The van der Waals surface area contributed by atoms with Crippen molar-refractivity contribution in [3.63, 3.8) is 0 Å². The molecule has 0 aliphatic carbocycles. The summed E-state index contributed by atoms with van der Waals surface area (Å²) in [5, 5.41) is 3.40. The summed E-state index contributed by atoms with van der Waals surface area (Å²) in [6.07, 6.45) is 3.04. The Bertz CT molecular complexity index is 444. The lowest BCUT2D eigenvalue weighted by Crippen LogP contribution is -2.28. The Morgan fingerprint density at radius 3 is 2.75 bits per heavy atom. The molecule has 5 heteroatoms. The zero-order valence-corrected chi connectivity index (χ0v) is 14.2. The van der Waals surface area contributed by atoms with E-state index < -0.39 is 0 Å². The number of esters is 1. The normalized spacial score (nSPS) is 13.1. The fraction of sp³-hybridized carbons (Fsp3) is 0.600. The highest BCUT2D eigenvalue weighted by Crippen LogP contribution is 2.21. The van der Waals surface area contributed by atoms with E-state index in [0.717, 1.165) is 23.1 Å². The zero-order valence-electron chi connectivity index (χ0n) is 12.6. The molecule has 0 aromatic carbocycles. The van der Waals surface area contributed by atoms with Gasteiger partial charge in [0.05, 0.1) is 25.3 Å². The van der Waals surface area contributed by atoms with Crippen molar-refractivity contribution in [1.29, 1.82) is 0 Å². The lowest BCUT2D eigenvalue weighted by Gasteiger charge is -2.22. The molecule has 4 nitrogen and oxygen atoms in total. The number of carbonyl (C=O) groups excluding carboxylic acids is 1. The van der Waals surface area contributed by atoms with E-state index in [4.69, 9.17) is 4.74 Å². The summed E-state index contributed by atoms with van der Waals surface area (Å²) in [6.45, 7) is 7.42. The van der Waals surface area contributed by atoms with Gasteiger partial charge in [0.15, 0.2) is 0 Å². The number of carbonyl (C=O) groups is 1. The van der Waals surface area contributed by atoms with Crippen molar-refractivity contribution in [3.05, 3.63) is 28.5 Å². The zero-order chi connectivity index (χ0) is 15.2. The average molecular weight is 343 g/mol. The maximum Gasteiger partial charge on any atom is 0.307 e. The molecule has 1 aromatic rings. The Balaban J connectivity index is 2.72. The summed E-state index contributed by atoms with van der Waals surface area (Å²) >= 11 is 3.43. The number of aromatic nitrogens is 1. The third-order valence-corrected chi connectivity index (χ3v) is 3.46. The van der Waals surface area contributed by atoms with Crippen molar-refractivity contribution in [2.45, 2.75) is 39.7 Å². The van der Waals surface area contributed by atoms with Gasteiger partial charge in [0.25, 0.3) is 0 Å². The van der Waals surface area contributed by atoms with Crippen molar-refractivity contribution in [2.24, 2.45) is 5.41 Å². The van der Waals surface area contributed by atoms with Gasteiger partial charge in [0.2, 0.25) is 0 Å². The molecule has 0 spiro atoms. The average Bonchev–Trinajstić information content (AvgIpc) is 2.36. The van der Waals surface area contributed by atoms with Crippen molar-refractivity contribution in [3.8, 4) is 0 Å². The van der Waals surface area contributed by atoms with Crippen LogP contribution in [0.4, 0.5) is 0 Å². The number of rotatable bonds is 6. The van der Waals surface area contributed by atoms with Gasteiger partial charge in [0.1, 0.15) is 0 Å². The van der Waals surface area contributed by atoms with E-state index in [-0.39, 0.29) is 23.8 Å². The molecule has 0 unspecified atom stereocenters. The Morgan fingerprint density at radius 2 is 2.20 bits per heavy atom. The van der Waals surface area contributed by atoms with Gasteiger partial charge in [-0.25, -0.2) is 0 Å². The third-order valence-electron chi connectivity index (χ3n) is 2.96. The maximum atomic E-state index is 11.5. The molecule has 0 aliphatic rings. The van der Waals surface area contributed by atoms with Gasteiger partial charge in [-0.1, -0.05) is 36.7 Å². The fourth-order valence-electron chi connectivity index (χ4n) is 1.76. The minimum absolute atomic E-state index is 0.123. The van der Waals surface area contributed by atoms with E-state index in [9.17, 15) is 4.79 Å². The molecule has 1 heterocycles.